The molecule has 1 atom stereocenters. The second kappa shape index (κ2) is 12.7. The maximum atomic E-state index is 13.6. The maximum Gasteiger partial charge on any atom is 0.237 e. The van der Waals surface area contributed by atoms with Gasteiger partial charge < -0.3 is 24.4 Å². The lowest BCUT2D eigenvalue weighted by molar-refractivity contribution is -0.137. The van der Waals surface area contributed by atoms with Gasteiger partial charge in [-0.25, -0.2) is 0 Å². The van der Waals surface area contributed by atoms with Gasteiger partial charge >= 0.3 is 0 Å². The molecule has 1 spiro atoms. The molecule has 6 rings (SSSR count). The summed E-state index contributed by atoms with van der Waals surface area (Å²) in [7, 11) is 0. The van der Waals surface area contributed by atoms with Gasteiger partial charge in [-0.3, -0.25) is 14.5 Å². The Morgan fingerprint density at radius 3 is 2.54 bits per heavy atom. The van der Waals surface area contributed by atoms with E-state index in [2.05, 4.69) is 34.5 Å². The number of hydrogen-bond acceptors (Lipinski definition) is 6. The number of rotatable bonds is 3. The molecule has 0 bridgehead atoms. The molecule has 0 radical (unpaired) electrons. The van der Waals surface area contributed by atoms with E-state index < -0.39 is 0 Å². The third-order valence-corrected chi connectivity index (χ3v) is 9.35. The molecule has 4 heterocycles. The van der Waals surface area contributed by atoms with Gasteiger partial charge in [-0.15, -0.1) is 0 Å². The minimum atomic E-state index is -0.363. The van der Waals surface area contributed by atoms with Gasteiger partial charge in [0.2, 0.25) is 11.8 Å². The number of aryl methyl sites for hydroxylation is 1. The Labute approximate surface area is 243 Å². The fraction of sp³-hybridized carbons (Fsp3) is 0.576. The monoisotopic (exact) mass is 561 g/mol. The van der Waals surface area contributed by atoms with Crippen LogP contribution in [0.25, 0.3) is 0 Å². The summed E-state index contributed by atoms with van der Waals surface area (Å²) < 4.78 is 17.7. The summed E-state index contributed by atoms with van der Waals surface area (Å²) in [5, 5.41) is 3.16. The Kier molecular flexibility index (Phi) is 8.65. The fourth-order valence-corrected chi connectivity index (χ4v) is 6.95. The lowest BCUT2D eigenvalue weighted by Crippen LogP contribution is -2.51. The summed E-state index contributed by atoms with van der Waals surface area (Å²) in [5.74, 6) is 2.83. The highest BCUT2D eigenvalue weighted by Crippen LogP contribution is 2.40. The summed E-state index contributed by atoms with van der Waals surface area (Å²) >= 11 is 0. The fourth-order valence-electron chi connectivity index (χ4n) is 6.95. The predicted molar refractivity (Wildman–Crippen MR) is 156 cm³/mol. The van der Waals surface area contributed by atoms with Crippen LogP contribution < -0.4 is 19.5 Å². The number of carbonyl (C=O) groups excluding carboxylic acids is 2. The predicted octanol–water partition coefficient (Wildman–Crippen LogP) is 4.52. The molecule has 0 aromatic heterocycles. The number of hydrogen-bond donors (Lipinski definition) is 1. The highest BCUT2D eigenvalue weighted by molar-refractivity contribution is 5.83. The number of carbonyl (C=O) groups is 2. The molecule has 41 heavy (non-hydrogen) atoms. The van der Waals surface area contributed by atoms with Crippen molar-refractivity contribution in [2.75, 3.05) is 52.5 Å². The van der Waals surface area contributed by atoms with Gasteiger partial charge in [0, 0.05) is 13.0 Å². The number of para-hydroxylation sites is 1. The number of piperidine rings is 1. The molecule has 8 nitrogen and oxygen atoms in total. The van der Waals surface area contributed by atoms with E-state index in [0.717, 1.165) is 100 Å². The molecule has 2 amide bonds. The third-order valence-electron chi connectivity index (χ3n) is 9.35. The highest BCUT2D eigenvalue weighted by atomic mass is 16.5. The first-order chi connectivity index (χ1) is 20.1. The molecule has 1 N–H and O–H groups in total. The van der Waals surface area contributed by atoms with Crippen molar-refractivity contribution in [2.24, 2.45) is 5.41 Å². The number of amides is 2. The van der Waals surface area contributed by atoms with Crippen molar-refractivity contribution in [3.8, 4) is 17.2 Å². The molecular formula is C33H43N3O5. The van der Waals surface area contributed by atoms with Crippen LogP contribution in [0.5, 0.6) is 17.2 Å². The second-order valence-corrected chi connectivity index (χ2v) is 12.0. The Morgan fingerprint density at radius 2 is 1.66 bits per heavy atom. The van der Waals surface area contributed by atoms with Gasteiger partial charge in [-0.05, 0) is 87.4 Å². The molecule has 0 saturated carbocycles. The Balaban J connectivity index is 1.06. The van der Waals surface area contributed by atoms with Crippen LogP contribution in [0.4, 0.5) is 0 Å². The normalized spacial score (nSPS) is 23.4. The lowest BCUT2D eigenvalue weighted by Gasteiger charge is -2.41. The Morgan fingerprint density at radius 1 is 0.854 bits per heavy atom. The van der Waals surface area contributed by atoms with Crippen LogP contribution in [0, 0.1) is 5.41 Å². The van der Waals surface area contributed by atoms with E-state index in [1.54, 1.807) is 0 Å². The molecule has 2 aromatic rings. The molecule has 0 aliphatic carbocycles. The molecule has 2 aromatic carbocycles. The van der Waals surface area contributed by atoms with Crippen molar-refractivity contribution in [2.45, 2.75) is 63.8 Å². The van der Waals surface area contributed by atoms with Crippen LogP contribution in [0.3, 0.4) is 0 Å². The second-order valence-electron chi connectivity index (χ2n) is 12.0. The van der Waals surface area contributed by atoms with E-state index in [4.69, 9.17) is 14.2 Å². The zero-order valence-electron chi connectivity index (χ0n) is 24.1. The average Bonchev–Trinajstić information content (AvgIpc) is 3.37. The van der Waals surface area contributed by atoms with Gasteiger partial charge in [-0.1, -0.05) is 30.7 Å². The van der Waals surface area contributed by atoms with Crippen molar-refractivity contribution in [3.05, 3.63) is 53.6 Å². The van der Waals surface area contributed by atoms with Crippen LogP contribution >= 0.6 is 0 Å². The number of benzene rings is 2. The smallest absolute Gasteiger partial charge is 0.237 e. The van der Waals surface area contributed by atoms with E-state index in [1.165, 1.54) is 5.56 Å². The van der Waals surface area contributed by atoms with Crippen molar-refractivity contribution in [3.63, 3.8) is 0 Å². The van der Waals surface area contributed by atoms with Gasteiger partial charge in [0.25, 0.3) is 0 Å². The van der Waals surface area contributed by atoms with E-state index in [-0.39, 0.29) is 23.3 Å². The Bertz CT molecular complexity index is 1230. The summed E-state index contributed by atoms with van der Waals surface area (Å²) in [6, 6.07) is 14.4. The molecule has 2 fully saturated rings. The zero-order chi connectivity index (χ0) is 28.1. The van der Waals surface area contributed by atoms with Crippen LogP contribution in [0.15, 0.2) is 42.5 Å². The van der Waals surface area contributed by atoms with Crippen LogP contribution in [-0.4, -0.2) is 74.2 Å². The van der Waals surface area contributed by atoms with E-state index >= 15 is 0 Å². The van der Waals surface area contributed by atoms with Crippen molar-refractivity contribution in [1.82, 2.24) is 15.1 Å². The summed E-state index contributed by atoms with van der Waals surface area (Å²) in [6.45, 7) is 5.02. The standard InChI is InChI=1S/C33H43N3O5/c37-31(36-17-5-9-27(36)26-11-12-29-30(23-26)40-21-6-20-39-29)24-35-18-14-33(15-19-35)13-4-3-8-25-7-1-2-10-28(25)41-22-16-34-32(33)38/h1-2,7,10-12,23,27H,3-6,8-9,13-22,24H2,(H,34,38). The molecule has 4 aliphatic rings. The molecule has 8 heteroatoms. The number of nitrogens with zero attached hydrogens (tertiary/aromatic N) is 2. The summed E-state index contributed by atoms with van der Waals surface area (Å²) in [6.07, 6.45) is 8.31. The van der Waals surface area contributed by atoms with Crippen LogP contribution in [-0.2, 0) is 16.0 Å². The Hall–Kier alpha value is -3.26. The van der Waals surface area contributed by atoms with Gasteiger partial charge in [-0.2, -0.15) is 0 Å². The van der Waals surface area contributed by atoms with Crippen molar-refractivity contribution in [1.29, 1.82) is 0 Å². The van der Waals surface area contributed by atoms with E-state index in [1.807, 2.05) is 23.1 Å². The minimum absolute atomic E-state index is 0.0696. The van der Waals surface area contributed by atoms with Crippen molar-refractivity contribution >= 4 is 11.8 Å². The summed E-state index contributed by atoms with van der Waals surface area (Å²) in [4.78, 5) is 31.3. The molecule has 2 saturated heterocycles. The first-order valence-corrected chi connectivity index (χ1v) is 15.5. The van der Waals surface area contributed by atoms with E-state index in [0.29, 0.717) is 32.9 Å². The first kappa shape index (κ1) is 27.9. The molecular weight excluding hydrogens is 518 g/mol. The quantitative estimate of drug-likeness (QED) is 0.594. The van der Waals surface area contributed by atoms with E-state index in [9.17, 15) is 9.59 Å². The third kappa shape index (κ3) is 6.32. The van der Waals surface area contributed by atoms with Gasteiger partial charge in [0.15, 0.2) is 11.5 Å². The lowest BCUT2D eigenvalue weighted by atomic mass is 9.73. The maximum absolute atomic E-state index is 13.6. The highest BCUT2D eigenvalue weighted by Gasteiger charge is 2.41. The number of likely N-dealkylation sites (tertiary alicyclic amines) is 2. The average molecular weight is 562 g/mol. The zero-order valence-corrected chi connectivity index (χ0v) is 24.1. The topological polar surface area (TPSA) is 80.3 Å². The SMILES string of the molecule is O=C(CN1CCC2(CCCCc3ccccc3OCCNC2=O)CC1)N1CCCC1c1ccc2c(c1)OCCCO2. The van der Waals surface area contributed by atoms with Crippen LogP contribution in [0.1, 0.15) is 68.5 Å². The summed E-state index contributed by atoms with van der Waals surface area (Å²) in [5.41, 5.74) is 2.00. The largest absolute Gasteiger partial charge is 0.491 e. The first-order valence-electron chi connectivity index (χ1n) is 15.5. The number of ether oxygens (including phenoxy) is 3. The minimum Gasteiger partial charge on any atom is -0.491 e. The molecule has 220 valence electrons. The van der Waals surface area contributed by atoms with Crippen molar-refractivity contribution < 1.29 is 23.8 Å². The number of nitrogens with one attached hydrogen (secondary N) is 1. The number of fused-ring (bicyclic) bond motifs is 2. The van der Waals surface area contributed by atoms with Crippen LogP contribution in [0.2, 0.25) is 0 Å². The molecule has 1 unspecified atom stereocenters. The van der Waals surface area contributed by atoms with Gasteiger partial charge in [0.05, 0.1) is 37.8 Å². The molecule has 4 aliphatic heterocycles. The van der Waals surface area contributed by atoms with Gasteiger partial charge in [0.1, 0.15) is 12.4 Å².